The standard InChI is InChI=1S/C31H25N3O/c1-2-35-25-19-17-24(18-20-25)34-30(23-13-7-4-8-14-23)29(22-11-5-3-6-12-22)33-31(34)27-21-32-28-16-10-9-15-26(27)28/h3-21,32H,2H2,1H3. The Morgan fingerprint density at radius 1 is 0.743 bits per heavy atom. The van der Waals surface area contributed by atoms with Gasteiger partial charge in [-0.3, -0.25) is 4.57 Å². The van der Waals surface area contributed by atoms with Gasteiger partial charge in [-0.15, -0.1) is 0 Å². The number of imidazole rings is 1. The van der Waals surface area contributed by atoms with Crippen molar-refractivity contribution in [1.82, 2.24) is 14.5 Å². The van der Waals surface area contributed by atoms with Gasteiger partial charge in [-0.25, -0.2) is 4.98 Å². The third kappa shape index (κ3) is 3.79. The van der Waals surface area contributed by atoms with E-state index in [0.29, 0.717) is 6.61 Å². The number of nitrogens with one attached hydrogen (secondary N) is 1. The summed E-state index contributed by atoms with van der Waals surface area (Å²) < 4.78 is 7.98. The summed E-state index contributed by atoms with van der Waals surface area (Å²) in [6.07, 6.45) is 2.06. The van der Waals surface area contributed by atoms with E-state index in [-0.39, 0.29) is 0 Å². The molecule has 35 heavy (non-hydrogen) atoms. The lowest BCUT2D eigenvalue weighted by Gasteiger charge is -2.14. The zero-order chi connectivity index (χ0) is 23.6. The Morgan fingerprint density at radius 2 is 1.40 bits per heavy atom. The molecule has 170 valence electrons. The molecule has 0 atom stereocenters. The summed E-state index contributed by atoms with van der Waals surface area (Å²) in [7, 11) is 0. The molecule has 4 heteroatoms. The van der Waals surface area contributed by atoms with Crippen LogP contribution in [0, 0.1) is 0 Å². The Kier molecular flexibility index (Phi) is 5.39. The number of ether oxygens (including phenoxy) is 1. The van der Waals surface area contributed by atoms with Gasteiger partial charge in [0.05, 0.1) is 18.0 Å². The van der Waals surface area contributed by atoms with Crippen molar-refractivity contribution >= 4 is 10.9 Å². The molecular weight excluding hydrogens is 430 g/mol. The van der Waals surface area contributed by atoms with Gasteiger partial charge < -0.3 is 9.72 Å². The van der Waals surface area contributed by atoms with Crippen molar-refractivity contribution in [2.24, 2.45) is 0 Å². The van der Waals surface area contributed by atoms with Crippen molar-refractivity contribution in [1.29, 1.82) is 0 Å². The second-order valence-corrected chi connectivity index (χ2v) is 8.37. The smallest absolute Gasteiger partial charge is 0.147 e. The molecule has 4 aromatic carbocycles. The average molecular weight is 456 g/mol. The SMILES string of the molecule is CCOc1ccc(-n2c(-c3c[nH]c4ccccc34)nc(-c3ccccc3)c2-c2ccccc2)cc1. The number of fused-ring (bicyclic) bond motifs is 1. The van der Waals surface area contributed by atoms with Crippen molar-refractivity contribution in [2.75, 3.05) is 6.61 Å². The van der Waals surface area contributed by atoms with E-state index in [1.165, 1.54) is 0 Å². The fourth-order valence-electron chi connectivity index (χ4n) is 4.63. The second kappa shape index (κ2) is 8.99. The number of benzene rings is 4. The minimum Gasteiger partial charge on any atom is -0.494 e. The van der Waals surface area contributed by atoms with E-state index in [0.717, 1.165) is 56.2 Å². The first-order valence-electron chi connectivity index (χ1n) is 11.9. The highest BCUT2D eigenvalue weighted by molar-refractivity contribution is 5.96. The van der Waals surface area contributed by atoms with Crippen molar-refractivity contribution in [3.8, 4) is 45.3 Å². The molecule has 0 aliphatic heterocycles. The Labute approximate surface area is 204 Å². The van der Waals surface area contributed by atoms with Crippen LogP contribution in [0.15, 0.2) is 115 Å². The number of hydrogen-bond acceptors (Lipinski definition) is 2. The van der Waals surface area contributed by atoms with Gasteiger partial charge in [0, 0.05) is 39.5 Å². The molecule has 0 saturated carbocycles. The molecule has 0 radical (unpaired) electrons. The van der Waals surface area contributed by atoms with Gasteiger partial charge in [0.25, 0.3) is 0 Å². The van der Waals surface area contributed by atoms with E-state index in [4.69, 9.17) is 9.72 Å². The van der Waals surface area contributed by atoms with Crippen LogP contribution >= 0.6 is 0 Å². The monoisotopic (exact) mass is 455 g/mol. The summed E-state index contributed by atoms with van der Waals surface area (Å²) >= 11 is 0. The van der Waals surface area contributed by atoms with E-state index < -0.39 is 0 Å². The third-order valence-corrected chi connectivity index (χ3v) is 6.21. The lowest BCUT2D eigenvalue weighted by Crippen LogP contribution is -2.00. The van der Waals surface area contributed by atoms with Crippen LogP contribution in [0.5, 0.6) is 5.75 Å². The Hall–Kier alpha value is -4.57. The molecule has 4 nitrogen and oxygen atoms in total. The predicted molar refractivity (Wildman–Crippen MR) is 143 cm³/mol. The molecule has 2 aromatic heterocycles. The summed E-state index contributed by atoms with van der Waals surface area (Å²) in [4.78, 5) is 8.72. The van der Waals surface area contributed by atoms with Crippen LogP contribution in [-0.2, 0) is 0 Å². The maximum absolute atomic E-state index is 5.72. The topological polar surface area (TPSA) is 42.8 Å². The molecule has 1 N–H and O–H groups in total. The molecule has 0 saturated heterocycles. The predicted octanol–water partition coefficient (Wildman–Crippen LogP) is 7.75. The van der Waals surface area contributed by atoms with Gasteiger partial charge in [-0.2, -0.15) is 0 Å². The highest BCUT2D eigenvalue weighted by Gasteiger charge is 2.23. The van der Waals surface area contributed by atoms with Crippen molar-refractivity contribution in [2.45, 2.75) is 6.92 Å². The molecule has 0 amide bonds. The number of H-pyrrole nitrogens is 1. The summed E-state index contributed by atoms with van der Waals surface area (Å²) in [5.74, 6) is 1.75. The number of aromatic amines is 1. The van der Waals surface area contributed by atoms with Crippen LogP contribution in [0.2, 0.25) is 0 Å². The lowest BCUT2D eigenvalue weighted by atomic mass is 10.0. The number of para-hydroxylation sites is 1. The molecule has 6 rings (SSSR count). The second-order valence-electron chi connectivity index (χ2n) is 8.37. The van der Waals surface area contributed by atoms with Crippen LogP contribution in [0.1, 0.15) is 6.92 Å². The van der Waals surface area contributed by atoms with Crippen LogP contribution in [0.3, 0.4) is 0 Å². The molecule has 0 bridgehead atoms. The molecule has 0 fully saturated rings. The Balaban J connectivity index is 1.69. The number of nitrogens with zero attached hydrogens (tertiary/aromatic N) is 2. The Morgan fingerprint density at radius 3 is 2.11 bits per heavy atom. The Bertz CT molecular complexity index is 1580. The normalized spacial score (nSPS) is 11.1. The highest BCUT2D eigenvalue weighted by Crippen LogP contribution is 2.40. The minimum atomic E-state index is 0.637. The van der Waals surface area contributed by atoms with E-state index in [9.17, 15) is 0 Å². The van der Waals surface area contributed by atoms with E-state index in [1.807, 2.05) is 37.3 Å². The lowest BCUT2D eigenvalue weighted by molar-refractivity contribution is 0.340. The summed E-state index contributed by atoms with van der Waals surface area (Å²) in [5, 5.41) is 1.14. The van der Waals surface area contributed by atoms with Crippen LogP contribution in [-0.4, -0.2) is 21.1 Å². The molecule has 0 aliphatic carbocycles. The molecular formula is C31H25N3O. The first kappa shape index (κ1) is 21.0. The van der Waals surface area contributed by atoms with E-state index in [2.05, 4.69) is 94.6 Å². The van der Waals surface area contributed by atoms with Gasteiger partial charge in [-0.1, -0.05) is 78.9 Å². The van der Waals surface area contributed by atoms with Gasteiger partial charge in [-0.05, 0) is 37.3 Å². The molecule has 2 heterocycles. The fourth-order valence-corrected chi connectivity index (χ4v) is 4.63. The van der Waals surface area contributed by atoms with Crippen molar-refractivity contribution < 1.29 is 4.74 Å². The summed E-state index contributed by atoms with van der Waals surface area (Å²) in [5.41, 5.74) is 7.38. The quantitative estimate of drug-likeness (QED) is 0.279. The molecule has 6 aromatic rings. The summed E-state index contributed by atoms with van der Waals surface area (Å²) in [6, 6.07) is 37.5. The van der Waals surface area contributed by atoms with Crippen LogP contribution < -0.4 is 4.74 Å². The third-order valence-electron chi connectivity index (χ3n) is 6.21. The zero-order valence-electron chi connectivity index (χ0n) is 19.5. The van der Waals surface area contributed by atoms with Crippen molar-refractivity contribution in [3.05, 3.63) is 115 Å². The van der Waals surface area contributed by atoms with Crippen molar-refractivity contribution in [3.63, 3.8) is 0 Å². The van der Waals surface area contributed by atoms with Gasteiger partial charge >= 0.3 is 0 Å². The molecule has 0 aliphatic rings. The first-order chi connectivity index (χ1) is 17.3. The molecule has 0 spiro atoms. The summed E-state index contributed by atoms with van der Waals surface area (Å²) in [6.45, 7) is 2.64. The average Bonchev–Trinajstić information content (AvgIpc) is 3.52. The van der Waals surface area contributed by atoms with Gasteiger partial charge in [0.1, 0.15) is 11.6 Å². The maximum atomic E-state index is 5.72. The first-order valence-corrected chi connectivity index (χ1v) is 11.9. The largest absolute Gasteiger partial charge is 0.494 e. The fraction of sp³-hybridized carbons (Fsp3) is 0.0645. The van der Waals surface area contributed by atoms with E-state index in [1.54, 1.807) is 0 Å². The van der Waals surface area contributed by atoms with E-state index >= 15 is 0 Å². The van der Waals surface area contributed by atoms with Crippen LogP contribution in [0.25, 0.3) is 50.5 Å². The molecule has 0 unspecified atom stereocenters. The maximum Gasteiger partial charge on any atom is 0.147 e. The highest BCUT2D eigenvalue weighted by atomic mass is 16.5. The number of hydrogen-bond donors (Lipinski definition) is 1. The number of rotatable bonds is 6. The van der Waals surface area contributed by atoms with Gasteiger partial charge in [0.2, 0.25) is 0 Å². The van der Waals surface area contributed by atoms with Gasteiger partial charge in [0.15, 0.2) is 0 Å². The minimum absolute atomic E-state index is 0.637. The zero-order valence-corrected chi connectivity index (χ0v) is 19.5. The van der Waals surface area contributed by atoms with Crippen LogP contribution in [0.4, 0.5) is 0 Å². The number of aromatic nitrogens is 3.